The summed E-state index contributed by atoms with van der Waals surface area (Å²) >= 11 is 5.71. The van der Waals surface area contributed by atoms with Crippen LogP contribution in [-0.4, -0.2) is 15.1 Å². The standard InChI is InChI=1S/C16H17ClN4/c17-15(18)8-13(19-9-11-4-2-1-3-5-11)16-20-10-14(21-16)12-6-7-12/h1-5,8,10,12,18-19H,6-7,9H2,(H,20,21)/b13-8+,18-15?. The molecule has 108 valence electrons. The monoisotopic (exact) mass is 300 g/mol. The first kappa shape index (κ1) is 13.9. The van der Waals surface area contributed by atoms with Crippen molar-refractivity contribution in [2.75, 3.05) is 0 Å². The number of H-pyrrole nitrogens is 1. The first-order valence-electron chi connectivity index (χ1n) is 7.01. The van der Waals surface area contributed by atoms with Gasteiger partial charge in [0.2, 0.25) is 0 Å². The molecule has 3 N–H and O–H groups in total. The van der Waals surface area contributed by atoms with E-state index in [1.54, 1.807) is 6.08 Å². The molecule has 1 heterocycles. The highest BCUT2D eigenvalue weighted by molar-refractivity contribution is 6.67. The van der Waals surface area contributed by atoms with E-state index in [4.69, 9.17) is 17.0 Å². The Labute approximate surface area is 128 Å². The Balaban J connectivity index is 1.75. The highest BCUT2D eigenvalue weighted by Gasteiger charge is 2.25. The quantitative estimate of drug-likeness (QED) is 0.713. The third-order valence-electron chi connectivity index (χ3n) is 3.46. The Morgan fingerprint density at radius 3 is 2.81 bits per heavy atom. The van der Waals surface area contributed by atoms with Gasteiger partial charge >= 0.3 is 0 Å². The molecule has 0 amide bonds. The van der Waals surface area contributed by atoms with Crippen LogP contribution in [-0.2, 0) is 6.54 Å². The molecule has 1 saturated carbocycles. The van der Waals surface area contributed by atoms with Crippen LogP contribution in [0.1, 0.15) is 35.8 Å². The van der Waals surface area contributed by atoms with E-state index in [1.807, 2.05) is 36.5 Å². The second-order valence-electron chi connectivity index (χ2n) is 5.21. The number of nitrogens with one attached hydrogen (secondary N) is 3. The van der Waals surface area contributed by atoms with Crippen molar-refractivity contribution in [2.24, 2.45) is 0 Å². The third-order valence-corrected chi connectivity index (χ3v) is 3.57. The van der Waals surface area contributed by atoms with Crippen molar-refractivity contribution < 1.29 is 0 Å². The Morgan fingerprint density at radius 1 is 1.38 bits per heavy atom. The van der Waals surface area contributed by atoms with Gasteiger partial charge in [0.05, 0.1) is 5.70 Å². The van der Waals surface area contributed by atoms with Crippen LogP contribution >= 0.6 is 11.6 Å². The first-order chi connectivity index (χ1) is 10.2. The Morgan fingerprint density at radius 2 is 2.14 bits per heavy atom. The topological polar surface area (TPSA) is 64.6 Å². The molecule has 0 atom stereocenters. The van der Waals surface area contributed by atoms with Gasteiger partial charge in [-0.15, -0.1) is 0 Å². The number of hydrogen-bond donors (Lipinski definition) is 3. The number of rotatable bonds is 6. The third kappa shape index (κ3) is 3.73. The van der Waals surface area contributed by atoms with E-state index in [0.29, 0.717) is 12.5 Å². The number of aromatic amines is 1. The maximum absolute atomic E-state index is 7.47. The number of halogens is 1. The second-order valence-corrected chi connectivity index (χ2v) is 5.61. The molecule has 21 heavy (non-hydrogen) atoms. The van der Waals surface area contributed by atoms with Gasteiger partial charge in [0.15, 0.2) is 5.82 Å². The van der Waals surface area contributed by atoms with E-state index in [0.717, 1.165) is 11.5 Å². The van der Waals surface area contributed by atoms with E-state index < -0.39 is 0 Å². The molecular weight excluding hydrogens is 284 g/mol. The molecule has 1 aromatic heterocycles. The maximum atomic E-state index is 7.47. The molecule has 0 unspecified atom stereocenters. The number of allylic oxidation sites excluding steroid dienone is 1. The zero-order valence-electron chi connectivity index (χ0n) is 11.6. The summed E-state index contributed by atoms with van der Waals surface area (Å²) in [5, 5.41) is 10.7. The van der Waals surface area contributed by atoms with E-state index >= 15 is 0 Å². The zero-order valence-corrected chi connectivity index (χ0v) is 12.3. The SMILES string of the molecule is N=C(Cl)/C=C(/NCc1ccccc1)c1ncc(C2CC2)[nH]1. The summed E-state index contributed by atoms with van der Waals surface area (Å²) in [7, 11) is 0. The van der Waals surface area contributed by atoms with Crippen LogP contribution < -0.4 is 5.32 Å². The lowest BCUT2D eigenvalue weighted by Crippen LogP contribution is -2.13. The largest absolute Gasteiger partial charge is 0.378 e. The molecule has 0 radical (unpaired) electrons. The van der Waals surface area contributed by atoms with Crippen molar-refractivity contribution >= 4 is 22.5 Å². The summed E-state index contributed by atoms with van der Waals surface area (Å²) in [5.74, 6) is 1.36. The van der Waals surface area contributed by atoms with E-state index in [1.165, 1.54) is 24.1 Å². The van der Waals surface area contributed by atoms with Gasteiger partial charge in [-0.1, -0.05) is 41.9 Å². The molecule has 1 aliphatic rings. The number of benzene rings is 1. The van der Waals surface area contributed by atoms with Crippen LogP contribution in [0.15, 0.2) is 42.6 Å². The Hall–Kier alpha value is -2.07. The van der Waals surface area contributed by atoms with Gasteiger partial charge in [-0.25, -0.2) is 4.98 Å². The van der Waals surface area contributed by atoms with Crippen LogP contribution in [0.3, 0.4) is 0 Å². The molecule has 1 fully saturated rings. The molecule has 0 spiro atoms. The number of hydrogen-bond acceptors (Lipinski definition) is 3. The fourth-order valence-corrected chi connectivity index (χ4v) is 2.31. The fraction of sp³-hybridized carbons (Fsp3) is 0.250. The lowest BCUT2D eigenvalue weighted by atomic mass is 10.2. The van der Waals surface area contributed by atoms with Gasteiger partial charge in [0.1, 0.15) is 5.17 Å². The smallest absolute Gasteiger partial charge is 0.153 e. The van der Waals surface area contributed by atoms with Crippen LogP contribution in [0.25, 0.3) is 5.70 Å². The fourth-order valence-electron chi connectivity index (χ4n) is 2.20. The minimum Gasteiger partial charge on any atom is -0.378 e. The average molecular weight is 301 g/mol. The van der Waals surface area contributed by atoms with Gasteiger partial charge in [0, 0.05) is 30.4 Å². The molecule has 0 bridgehead atoms. The second kappa shape index (κ2) is 6.14. The van der Waals surface area contributed by atoms with Crippen LogP contribution in [0.5, 0.6) is 0 Å². The molecular formula is C16H17ClN4. The zero-order chi connectivity index (χ0) is 14.7. The van der Waals surface area contributed by atoms with Crippen molar-refractivity contribution in [3.63, 3.8) is 0 Å². The molecule has 5 heteroatoms. The number of nitrogens with zero attached hydrogens (tertiary/aromatic N) is 1. The van der Waals surface area contributed by atoms with Gasteiger partial charge in [-0.05, 0) is 18.4 Å². The summed E-state index contributed by atoms with van der Waals surface area (Å²) in [5.41, 5.74) is 3.07. The summed E-state index contributed by atoms with van der Waals surface area (Å²) in [6.07, 6.45) is 5.91. The average Bonchev–Trinajstić information content (AvgIpc) is 3.22. The van der Waals surface area contributed by atoms with Crippen LogP contribution in [0, 0.1) is 5.41 Å². The maximum Gasteiger partial charge on any atom is 0.153 e. The van der Waals surface area contributed by atoms with Gasteiger partial charge < -0.3 is 10.3 Å². The van der Waals surface area contributed by atoms with Crippen molar-refractivity contribution in [1.82, 2.24) is 15.3 Å². The lowest BCUT2D eigenvalue weighted by Gasteiger charge is -2.09. The molecule has 1 aliphatic carbocycles. The molecule has 1 aromatic carbocycles. The number of aromatic nitrogens is 2. The summed E-state index contributed by atoms with van der Waals surface area (Å²) in [6.45, 7) is 0.663. The highest BCUT2D eigenvalue weighted by Crippen LogP contribution is 2.39. The van der Waals surface area contributed by atoms with E-state index in [-0.39, 0.29) is 5.17 Å². The van der Waals surface area contributed by atoms with Crippen LogP contribution in [0.2, 0.25) is 0 Å². The Kier molecular flexibility index (Phi) is 4.06. The van der Waals surface area contributed by atoms with E-state index in [2.05, 4.69) is 15.3 Å². The van der Waals surface area contributed by atoms with Crippen molar-refractivity contribution in [1.29, 1.82) is 5.41 Å². The lowest BCUT2D eigenvalue weighted by molar-refractivity contribution is 0.876. The molecule has 4 nitrogen and oxygen atoms in total. The van der Waals surface area contributed by atoms with Crippen molar-refractivity contribution in [3.05, 3.63) is 59.7 Å². The summed E-state index contributed by atoms with van der Waals surface area (Å²) in [6, 6.07) is 10.1. The predicted molar refractivity (Wildman–Crippen MR) is 85.4 cm³/mol. The molecule has 3 rings (SSSR count). The van der Waals surface area contributed by atoms with Crippen molar-refractivity contribution in [2.45, 2.75) is 25.3 Å². The molecule has 2 aromatic rings. The first-order valence-corrected chi connectivity index (χ1v) is 7.39. The minimum absolute atomic E-state index is 0.0186. The minimum atomic E-state index is -0.0186. The van der Waals surface area contributed by atoms with E-state index in [9.17, 15) is 0 Å². The van der Waals surface area contributed by atoms with Gasteiger partial charge in [0.25, 0.3) is 0 Å². The summed E-state index contributed by atoms with van der Waals surface area (Å²) in [4.78, 5) is 7.72. The van der Waals surface area contributed by atoms with Crippen LogP contribution in [0.4, 0.5) is 0 Å². The molecule has 0 saturated heterocycles. The molecule has 0 aliphatic heterocycles. The van der Waals surface area contributed by atoms with Gasteiger partial charge in [-0.2, -0.15) is 0 Å². The Bertz CT molecular complexity index is 656. The normalized spacial score (nSPS) is 15.0. The van der Waals surface area contributed by atoms with Crippen molar-refractivity contribution in [3.8, 4) is 0 Å². The number of imidazole rings is 1. The highest BCUT2D eigenvalue weighted by atomic mass is 35.5. The predicted octanol–water partition coefficient (Wildman–Crippen LogP) is 3.63. The summed E-state index contributed by atoms with van der Waals surface area (Å²) < 4.78 is 0. The van der Waals surface area contributed by atoms with Gasteiger partial charge in [-0.3, -0.25) is 5.41 Å².